The minimum absolute atomic E-state index is 0.0418. The second kappa shape index (κ2) is 12.5. The molecule has 3 rings (SSSR count). The van der Waals surface area contributed by atoms with Gasteiger partial charge < -0.3 is 24.1 Å². The number of aliphatic hydroxyl groups is 1. The summed E-state index contributed by atoms with van der Waals surface area (Å²) in [5.41, 5.74) is 2.18. The number of ether oxygens (including phenoxy) is 4. The van der Waals surface area contributed by atoms with E-state index in [1.54, 1.807) is 7.11 Å². The molecule has 1 aliphatic rings. The monoisotopic (exact) mass is 412 g/mol. The Hall–Kier alpha value is -2.18. The Labute approximate surface area is 179 Å². The molecule has 0 bridgehead atoms. The van der Waals surface area contributed by atoms with Gasteiger partial charge >= 0.3 is 0 Å². The molecule has 0 saturated carbocycles. The van der Waals surface area contributed by atoms with E-state index in [4.69, 9.17) is 18.9 Å². The highest BCUT2D eigenvalue weighted by Gasteiger charge is 2.24. The van der Waals surface area contributed by atoms with E-state index in [1.807, 2.05) is 42.5 Å². The topological polar surface area (TPSA) is 57.2 Å². The molecule has 0 spiro atoms. The lowest BCUT2D eigenvalue weighted by molar-refractivity contribution is -0.122. The van der Waals surface area contributed by atoms with Crippen LogP contribution in [0.25, 0.3) is 0 Å². The Bertz CT molecular complexity index is 744. The van der Waals surface area contributed by atoms with Crippen LogP contribution >= 0.6 is 0 Å². The van der Waals surface area contributed by atoms with Gasteiger partial charge in [0.1, 0.15) is 11.9 Å². The summed E-state index contributed by atoms with van der Waals surface area (Å²) in [5, 5.41) is 10.6. The Morgan fingerprint density at radius 1 is 0.967 bits per heavy atom. The zero-order valence-corrected chi connectivity index (χ0v) is 17.6. The molecule has 0 fully saturated rings. The van der Waals surface area contributed by atoms with Gasteiger partial charge in [0.15, 0.2) is 0 Å². The molecule has 162 valence electrons. The van der Waals surface area contributed by atoms with Crippen molar-refractivity contribution in [2.75, 3.05) is 20.3 Å². The molecule has 5 heteroatoms. The molecule has 1 heterocycles. The third-order valence-electron chi connectivity index (χ3n) is 5.12. The zero-order valence-electron chi connectivity index (χ0n) is 17.6. The van der Waals surface area contributed by atoms with Gasteiger partial charge in [0, 0.05) is 0 Å². The lowest BCUT2D eigenvalue weighted by Crippen LogP contribution is -2.37. The second-order valence-corrected chi connectivity index (χ2v) is 7.51. The molecule has 0 amide bonds. The van der Waals surface area contributed by atoms with Gasteiger partial charge in [0.2, 0.25) is 0 Å². The fourth-order valence-corrected chi connectivity index (χ4v) is 3.38. The molecule has 30 heavy (non-hydrogen) atoms. The van der Waals surface area contributed by atoms with Crippen molar-refractivity contribution in [2.45, 2.75) is 50.8 Å². The molecule has 1 aliphatic heterocycles. The minimum Gasteiger partial charge on any atom is -0.497 e. The Morgan fingerprint density at radius 2 is 1.70 bits per heavy atom. The van der Waals surface area contributed by atoms with Crippen LogP contribution in [0.4, 0.5) is 0 Å². The Balaban J connectivity index is 1.43. The van der Waals surface area contributed by atoms with E-state index in [-0.39, 0.29) is 18.8 Å². The quantitative estimate of drug-likeness (QED) is 0.590. The summed E-state index contributed by atoms with van der Waals surface area (Å²) in [6.45, 7) is 1.74. The first-order valence-corrected chi connectivity index (χ1v) is 10.6. The number of allylic oxidation sites excluding steroid dienone is 1. The first kappa shape index (κ1) is 22.5. The Kier molecular flexibility index (Phi) is 9.38. The normalized spacial score (nSPS) is 21.4. The third-order valence-corrected chi connectivity index (χ3v) is 5.12. The third kappa shape index (κ3) is 7.58. The highest BCUT2D eigenvalue weighted by Crippen LogP contribution is 2.18. The summed E-state index contributed by atoms with van der Waals surface area (Å²) >= 11 is 0. The molecule has 0 unspecified atom stereocenters. The summed E-state index contributed by atoms with van der Waals surface area (Å²) in [5.74, 6) is 0.814. The number of aliphatic hydroxyl groups excluding tert-OH is 1. The van der Waals surface area contributed by atoms with Crippen molar-refractivity contribution in [1.29, 1.82) is 0 Å². The number of hydrogen-bond acceptors (Lipinski definition) is 5. The van der Waals surface area contributed by atoms with Gasteiger partial charge in [-0.3, -0.25) is 0 Å². The van der Waals surface area contributed by atoms with Gasteiger partial charge in [-0.2, -0.15) is 0 Å². The lowest BCUT2D eigenvalue weighted by Gasteiger charge is -2.29. The van der Waals surface area contributed by atoms with E-state index in [1.165, 1.54) is 0 Å². The van der Waals surface area contributed by atoms with Gasteiger partial charge in [-0.15, -0.1) is 0 Å². The molecular weight excluding hydrogens is 380 g/mol. The maximum Gasteiger partial charge on any atom is 0.118 e. The standard InChI is InChI=1S/C25H32O5/c1-27-22-14-12-21(13-15-22)17-29-19-24(26)25-11-7-3-6-10-23(30-25)18-28-16-20-8-4-2-5-9-20/h2-5,7-9,12-15,23-26H,6,10-11,16-19H2,1H3/b7-3-/t23-,24+,25+/m1/s1. The van der Waals surface area contributed by atoms with Crippen molar-refractivity contribution in [1.82, 2.24) is 0 Å². The van der Waals surface area contributed by atoms with E-state index in [0.29, 0.717) is 26.2 Å². The highest BCUT2D eigenvalue weighted by molar-refractivity contribution is 5.26. The second-order valence-electron chi connectivity index (χ2n) is 7.51. The fourth-order valence-electron chi connectivity index (χ4n) is 3.38. The highest BCUT2D eigenvalue weighted by atomic mass is 16.6. The van der Waals surface area contributed by atoms with Gasteiger partial charge in [0.25, 0.3) is 0 Å². The zero-order chi connectivity index (χ0) is 21.0. The average molecular weight is 413 g/mol. The molecule has 2 aromatic rings. The number of hydrogen-bond donors (Lipinski definition) is 1. The molecule has 0 aliphatic carbocycles. The van der Waals surface area contributed by atoms with Crippen LogP contribution in [0, 0.1) is 0 Å². The number of rotatable bonds is 10. The predicted octanol–water partition coefficient (Wildman–Crippen LogP) is 4.28. The van der Waals surface area contributed by atoms with Crippen LogP contribution in [0.1, 0.15) is 30.4 Å². The van der Waals surface area contributed by atoms with Gasteiger partial charge in [-0.25, -0.2) is 0 Å². The van der Waals surface area contributed by atoms with Gasteiger partial charge in [-0.05, 0) is 42.5 Å². The van der Waals surface area contributed by atoms with Crippen molar-refractivity contribution < 1.29 is 24.1 Å². The molecule has 0 aromatic heterocycles. The van der Waals surface area contributed by atoms with Crippen molar-refractivity contribution in [3.8, 4) is 5.75 Å². The minimum atomic E-state index is -0.692. The summed E-state index contributed by atoms with van der Waals surface area (Å²) in [6.07, 6.45) is 5.70. The first-order valence-electron chi connectivity index (χ1n) is 10.6. The van der Waals surface area contributed by atoms with Crippen LogP contribution in [0.2, 0.25) is 0 Å². The molecule has 1 N–H and O–H groups in total. The lowest BCUT2D eigenvalue weighted by atomic mass is 10.1. The van der Waals surface area contributed by atoms with Gasteiger partial charge in [0.05, 0.1) is 45.7 Å². The van der Waals surface area contributed by atoms with Gasteiger partial charge in [-0.1, -0.05) is 54.6 Å². The molecule has 0 saturated heterocycles. The Morgan fingerprint density at radius 3 is 2.47 bits per heavy atom. The molecule has 5 nitrogen and oxygen atoms in total. The maximum atomic E-state index is 10.6. The molecular formula is C25H32O5. The van der Waals surface area contributed by atoms with Crippen LogP contribution in [-0.2, 0) is 27.4 Å². The van der Waals surface area contributed by atoms with Crippen molar-refractivity contribution >= 4 is 0 Å². The molecule has 3 atom stereocenters. The van der Waals surface area contributed by atoms with Crippen LogP contribution in [0.5, 0.6) is 5.75 Å². The predicted molar refractivity (Wildman–Crippen MR) is 116 cm³/mol. The van der Waals surface area contributed by atoms with Crippen LogP contribution in [0.3, 0.4) is 0 Å². The van der Waals surface area contributed by atoms with Crippen LogP contribution in [0.15, 0.2) is 66.7 Å². The van der Waals surface area contributed by atoms with Crippen molar-refractivity contribution in [3.05, 3.63) is 77.9 Å². The SMILES string of the molecule is COc1ccc(COC[C@H](O)[C@@H]2C/C=C\CC[C@H](COCc3ccccc3)O2)cc1. The van der Waals surface area contributed by atoms with E-state index >= 15 is 0 Å². The van der Waals surface area contributed by atoms with Crippen LogP contribution < -0.4 is 4.74 Å². The van der Waals surface area contributed by atoms with E-state index in [9.17, 15) is 5.11 Å². The summed E-state index contributed by atoms with van der Waals surface area (Å²) in [4.78, 5) is 0. The fraction of sp³-hybridized carbons (Fsp3) is 0.440. The molecule has 0 radical (unpaired) electrons. The summed E-state index contributed by atoms with van der Waals surface area (Å²) < 4.78 is 23.0. The van der Waals surface area contributed by atoms with E-state index in [2.05, 4.69) is 24.3 Å². The van der Waals surface area contributed by atoms with Crippen molar-refractivity contribution in [3.63, 3.8) is 0 Å². The van der Waals surface area contributed by atoms with E-state index < -0.39 is 6.10 Å². The summed E-state index contributed by atoms with van der Waals surface area (Å²) in [7, 11) is 1.64. The summed E-state index contributed by atoms with van der Waals surface area (Å²) in [6, 6.07) is 17.8. The smallest absolute Gasteiger partial charge is 0.118 e. The number of methoxy groups -OCH3 is 1. The van der Waals surface area contributed by atoms with E-state index in [0.717, 1.165) is 29.7 Å². The van der Waals surface area contributed by atoms with Crippen molar-refractivity contribution in [2.24, 2.45) is 0 Å². The largest absolute Gasteiger partial charge is 0.497 e. The molecule has 2 aromatic carbocycles. The average Bonchev–Trinajstić information content (AvgIpc) is 2.76. The maximum absolute atomic E-state index is 10.6. The number of benzene rings is 2. The van der Waals surface area contributed by atoms with Crippen LogP contribution in [-0.4, -0.2) is 43.7 Å². The first-order chi connectivity index (χ1) is 14.7.